The summed E-state index contributed by atoms with van der Waals surface area (Å²) in [6.45, 7) is 4.65. The normalized spacial score (nSPS) is 13.0. The first-order valence-corrected chi connectivity index (χ1v) is 6.23. The number of nitrogens with zero attached hydrogens (tertiary/aromatic N) is 4. The van der Waals surface area contributed by atoms with Gasteiger partial charge in [-0.15, -0.1) is 0 Å². The molecule has 0 amide bonds. The van der Waals surface area contributed by atoms with E-state index in [-0.39, 0.29) is 0 Å². The van der Waals surface area contributed by atoms with E-state index in [4.69, 9.17) is 0 Å². The smallest absolute Gasteiger partial charge is 0.125 e. The van der Waals surface area contributed by atoms with Gasteiger partial charge in [0.25, 0.3) is 0 Å². The third kappa shape index (κ3) is 2.02. The molecule has 0 radical (unpaired) electrons. The summed E-state index contributed by atoms with van der Waals surface area (Å²) in [5.41, 5.74) is 2.53. The van der Waals surface area contributed by atoms with Crippen LogP contribution in [0.3, 0.4) is 0 Å². The first kappa shape index (κ1) is 12.3. The van der Waals surface area contributed by atoms with E-state index in [0.717, 1.165) is 28.0 Å². The zero-order valence-corrected chi connectivity index (χ0v) is 11.6. The fourth-order valence-electron chi connectivity index (χ4n) is 1.83. The van der Waals surface area contributed by atoms with Crippen LogP contribution in [0.4, 0.5) is 0 Å². The predicted octanol–water partition coefficient (Wildman–Crippen LogP) is 1.79. The van der Waals surface area contributed by atoms with Gasteiger partial charge in [0.05, 0.1) is 22.6 Å². The maximum atomic E-state index is 10.4. The van der Waals surface area contributed by atoms with Crippen LogP contribution < -0.4 is 0 Å². The Labute approximate surface area is 108 Å². The summed E-state index contributed by atoms with van der Waals surface area (Å²) in [5, 5.41) is 18.8. The van der Waals surface area contributed by atoms with Gasteiger partial charge in [-0.25, -0.2) is 0 Å². The van der Waals surface area contributed by atoms with Crippen molar-refractivity contribution in [3.8, 4) is 0 Å². The lowest BCUT2D eigenvalue weighted by Crippen LogP contribution is -2.10. The average molecular weight is 299 g/mol. The van der Waals surface area contributed by atoms with Crippen molar-refractivity contribution in [2.45, 2.75) is 26.5 Å². The van der Waals surface area contributed by atoms with Crippen molar-refractivity contribution in [2.24, 2.45) is 7.05 Å². The summed E-state index contributed by atoms with van der Waals surface area (Å²) in [7, 11) is 1.86. The van der Waals surface area contributed by atoms with E-state index in [1.807, 2.05) is 20.9 Å². The molecule has 5 nitrogen and oxygen atoms in total. The molecule has 2 aromatic rings. The molecule has 0 saturated carbocycles. The van der Waals surface area contributed by atoms with Crippen molar-refractivity contribution in [2.75, 3.05) is 0 Å². The highest BCUT2D eigenvalue weighted by Crippen LogP contribution is 2.29. The summed E-state index contributed by atoms with van der Waals surface area (Å²) in [5.74, 6) is 0. The molecule has 1 atom stereocenters. The molecule has 0 saturated heterocycles. The zero-order valence-electron chi connectivity index (χ0n) is 10.1. The number of aromatic nitrogens is 4. The van der Waals surface area contributed by atoms with Crippen LogP contribution in [0.1, 0.15) is 30.0 Å². The Morgan fingerprint density at radius 3 is 2.65 bits per heavy atom. The maximum absolute atomic E-state index is 10.4. The van der Waals surface area contributed by atoms with Gasteiger partial charge in [-0.3, -0.25) is 9.36 Å². The van der Waals surface area contributed by atoms with Crippen molar-refractivity contribution in [1.29, 1.82) is 0 Å². The van der Waals surface area contributed by atoms with Crippen LogP contribution in [0.25, 0.3) is 0 Å². The van der Waals surface area contributed by atoms with Gasteiger partial charge >= 0.3 is 0 Å². The Bertz CT molecular complexity index is 532. The Kier molecular flexibility index (Phi) is 3.35. The van der Waals surface area contributed by atoms with Gasteiger partial charge in [0.2, 0.25) is 0 Å². The second kappa shape index (κ2) is 4.62. The zero-order chi connectivity index (χ0) is 12.6. The summed E-state index contributed by atoms with van der Waals surface area (Å²) < 4.78 is 4.34. The monoisotopic (exact) mass is 298 g/mol. The number of hydrogen-bond acceptors (Lipinski definition) is 3. The minimum Gasteiger partial charge on any atom is -0.382 e. The first-order valence-electron chi connectivity index (χ1n) is 5.44. The molecule has 6 heteroatoms. The molecule has 0 aliphatic heterocycles. The van der Waals surface area contributed by atoms with Crippen molar-refractivity contribution >= 4 is 15.9 Å². The lowest BCUT2D eigenvalue weighted by atomic mass is 10.1. The van der Waals surface area contributed by atoms with Crippen molar-refractivity contribution in [3.63, 3.8) is 0 Å². The van der Waals surface area contributed by atoms with Gasteiger partial charge in [-0.2, -0.15) is 10.2 Å². The van der Waals surface area contributed by atoms with E-state index in [9.17, 15) is 5.11 Å². The van der Waals surface area contributed by atoms with Gasteiger partial charge < -0.3 is 5.11 Å². The molecule has 0 spiro atoms. The van der Waals surface area contributed by atoms with Crippen molar-refractivity contribution in [3.05, 3.63) is 33.8 Å². The summed E-state index contributed by atoms with van der Waals surface area (Å²) in [6.07, 6.45) is 2.69. The molecular weight excluding hydrogens is 284 g/mol. The van der Waals surface area contributed by atoms with Gasteiger partial charge in [0.15, 0.2) is 0 Å². The maximum Gasteiger partial charge on any atom is 0.125 e. The summed E-state index contributed by atoms with van der Waals surface area (Å²) >= 11 is 3.42. The second-order valence-corrected chi connectivity index (χ2v) is 4.76. The molecule has 0 bridgehead atoms. The summed E-state index contributed by atoms with van der Waals surface area (Å²) in [6, 6.07) is 0. The van der Waals surface area contributed by atoms with Crippen LogP contribution in [0.5, 0.6) is 0 Å². The van der Waals surface area contributed by atoms with Crippen LogP contribution in [0, 0.1) is 6.92 Å². The van der Waals surface area contributed by atoms with E-state index in [0.29, 0.717) is 0 Å². The third-order valence-corrected chi connectivity index (χ3v) is 3.57. The number of halogens is 1. The second-order valence-electron chi connectivity index (χ2n) is 3.90. The number of aliphatic hydroxyl groups excluding tert-OH is 1. The molecule has 1 N–H and O–H groups in total. The molecule has 0 aliphatic rings. The molecule has 92 valence electrons. The minimum atomic E-state index is -0.708. The molecule has 2 heterocycles. The number of hydrogen-bond donors (Lipinski definition) is 1. The van der Waals surface area contributed by atoms with Crippen LogP contribution in [-0.4, -0.2) is 24.7 Å². The molecule has 2 rings (SSSR count). The van der Waals surface area contributed by atoms with Crippen LogP contribution >= 0.6 is 15.9 Å². The minimum absolute atomic E-state index is 0.708. The fourth-order valence-corrected chi connectivity index (χ4v) is 2.34. The molecule has 0 fully saturated rings. The molecule has 1 unspecified atom stereocenters. The van der Waals surface area contributed by atoms with Gasteiger partial charge in [-0.1, -0.05) is 0 Å². The Balaban J connectivity index is 2.46. The summed E-state index contributed by atoms with van der Waals surface area (Å²) in [4.78, 5) is 0. The average Bonchev–Trinajstić information content (AvgIpc) is 2.83. The standard InChI is InChI=1S/C11H15BrN4O/c1-4-16-10(9(12)6-14-16)11(17)8-5-13-15(3)7(8)2/h5-6,11,17H,4H2,1-3H3. The van der Waals surface area contributed by atoms with E-state index in [2.05, 4.69) is 26.1 Å². The molecule has 0 aromatic carbocycles. The Morgan fingerprint density at radius 2 is 2.12 bits per heavy atom. The molecular formula is C11H15BrN4O. The van der Waals surface area contributed by atoms with Gasteiger partial charge in [0.1, 0.15) is 6.10 Å². The van der Waals surface area contributed by atoms with Crippen molar-refractivity contribution < 1.29 is 5.11 Å². The quantitative estimate of drug-likeness (QED) is 0.940. The third-order valence-electron chi connectivity index (χ3n) is 2.96. The van der Waals surface area contributed by atoms with E-state index in [1.54, 1.807) is 21.8 Å². The SMILES string of the molecule is CCn1ncc(Br)c1C(O)c1cnn(C)c1C. The number of aliphatic hydroxyl groups is 1. The number of aryl methyl sites for hydroxylation is 2. The van der Waals surface area contributed by atoms with Crippen LogP contribution in [0.2, 0.25) is 0 Å². The largest absolute Gasteiger partial charge is 0.382 e. The van der Waals surface area contributed by atoms with E-state index >= 15 is 0 Å². The highest BCUT2D eigenvalue weighted by molar-refractivity contribution is 9.10. The van der Waals surface area contributed by atoms with E-state index < -0.39 is 6.10 Å². The fraction of sp³-hybridized carbons (Fsp3) is 0.455. The molecule has 17 heavy (non-hydrogen) atoms. The van der Waals surface area contributed by atoms with Crippen molar-refractivity contribution in [1.82, 2.24) is 19.6 Å². The van der Waals surface area contributed by atoms with Gasteiger partial charge in [0, 0.05) is 24.8 Å². The molecule has 2 aromatic heterocycles. The topological polar surface area (TPSA) is 55.9 Å². The van der Waals surface area contributed by atoms with E-state index in [1.165, 1.54) is 0 Å². The Hall–Kier alpha value is -1.14. The highest BCUT2D eigenvalue weighted by atomic mass is 79.9. The molecule has 0 aliphatic carbocycles. The van der Waals surface area contributed by atoms with Crippen LogP contribution in [0.15, 0.2) is 16.9 Å². The highest BCUT2D eigenvalue weighted by Gasteiger charge is 2.22. The number of rotatable bonds is 3. The van der Waals surface area contributed by atoms with Crippen LogP contribution in [-0.2, 0) is 13.6 Å². The first-order chi connectivity index (χ1) is 8.06. The predicted molar refractivity (Wildman–Crippen MR) is 67.6 cm³/mol. The lowest BCUT2D eigenvalue weighted by Gasteiger charge is -2.13. The lowest BCUT2D eigenvalue weighted by molar-refractivity contribution is 0.206. The van der Waals surface area contributed by atoms with Gasteiger partial charge in [-0.05, 0) is 29.8 Å². The Morgan fingerprint density at radius 1 is 1.41 bits per heavy atom.